The van der Waals surface area contributed by atoms with Crippen molar-refractivity contribution in [2.45, 2.75) is 16.2 Å². The molecular formula is C13H8BrNO2S. The number of halogens is 1. The summed E-state index contributed by atoms with van der Waals surface area (Å²) in [5.41, 5.74) is 2.18. The van der Waals surface area contributed by atoms with Gasteiger partial charge < -0.3 is 0 Å². The Balaban J connectivity index is 2.13. The summed E-state index contributed by atoms with van der Waals surface area (Å²) in [4.78, 5) is 12.9. The summed E-state index contributed by atoms with van der Waals surface area (Å²) in [6.45, 7) is 0. The molecule has 0 atom stereocenters. The maximum absolute atomic E-state index is 11.0. The van der Waals surface area contributed by atoms with Gasteiger partial charge in [-0.1, -0.05) is 39.8 Å². The molecule has 0 bridgehead atoms. The van der Waals surface area contributed by atoms with Crippen molar-refractivity contribution in [2.75, 3.05) is 0 Å². The van der Waals surface area contributed by atoms with Gasteiger partial charge >= 0.3 is 0 Å². The zero-order valence-corrected chi connectivity index (χ0v) is 11.6. The average Bonchev–Trinajstić information content (AvgIpc) is 2.35. The highest BCUT2D eigenvalue weighted by Crippen LogP contribution is 2.43. The summed E-state index contributed by atoms with van der Waals surface area (Å²) in [5, 5.41) is 11.0. The minimum absolute atomic E-state index is 0.216. The Bertz CT molecular complexity index is 657. The van der Waals surface area contributed by atoms with E-state index in [9.17, 15) is 10.1 Å². The van der Waals surface area contributed by atoms with Crippen molar-refractivity contribution in [1.29, 1.82) is 0 Å². The van der Waals surface area contributed by atoms with Crippen molar-refractivity contribution in [3.8, 4) is 0 Å². The maximum Gasteiger partial charge on any atom is 0.274 e. The van der Waals surface area contributed by atoms with Crippen LogP contribution in [0.5, 0.6) is 0 Å². The standard InChI is InChI=1S/C13H8BrNO2S/c14-9-5-4-8-6-10-11(15(16)17)2-1-3-12(10)18-13(8)7-9/h1-5,7H,6H2. The lowest BCUT2D eigenvalue weighted by atomic mass is 10.0. The summed E-state index contributed by atoms with van der Waals surface area (Å²) in [7, 11) is 0. The van der Waals surface area contributed by atoms with E-state index < -0.39 is 0 Å². The summed E-state index contributed by atoms with van der Waals surface area (Å²) in [6, 6.07) is 11.3. The van der Waals surface area contributed by atoms with Crippen LogP contribution < -0.4 is 0 Å². The second-order valence-corrected chi connectivity index (χ2v) is 6.04. The van der Waals surface area contributed by atoms with Gasteiger partial charge in [0.25, 0.3) is 5.69 Å². The number of rotatable bonds is 1. The first-order valence-corrected chi connectivity index (χ1v) is 6.98. The van der Waals surface area contributed by atoms with Crippen LogP contribution >= 0.6 is 27.7 Å². The van der Waals surface area contributed by atoms with Crippen LogP contribution in [0, 0.1) is 10.1 Å². The fourth-order valence-corrected chi connectivity index (χ4v) is 3.73. The molecule has 3 nitrogen and oxygen atoms in total. The Labute approximate surface area is 116 Å². The van der Waals surface area contributed by atoms with Crippen molar-refractivity contribution in [1.82, 2.24) is 0 Å². The number of nitrogens with zero attached hydrogens (tertiary/aromatic N) is 1. The van der Waals surface area contributed by atoms with Gasteiger partial charge in [0.05, 0.1) is 4.92 Å². The lowest BCUT2D eigenvalue weighted by Gasteiger charge is -2.18. The van der Waals surface area contributed by atoms with Crippen LogP contribution in [-0.4, -0.2) is 4.92 Å². The number of hydrogen-bond donors (Lipinski definition) is 0. The monoisotopic (exact) mass is 321 g/mol. The third kappa shape index (κ3) is 1.93. The van der Waals surface area contributed by atoms with E-state index in [1.165, 1.54) is 0 Å². The molecule has 0 unspecified atom stereocenters. The average molecular weight is 322 g/mol. The fraction of sp³-hybridized carbons (Fsp3) is 0.0769. The zero-order valence-electron chi connectivity index (χ0n) is 9.22. The SMILES string of the molecule is O=[N+]([O-])c1cccc2c1Cc1ccc(Br)cc1S2. The molecule has 0 radical (unpaired) electrons. The van der Waals surface area contributed by atoms with E-state index in [0.29, 0.717) is 6.42 Å². The smallest absolute Gasteiger partial charge is 0.258 e. The molecule has 1 aliphatic heterocycles. The normalized spacial score (nSPS) is 12.7. The van der Waals surface area contributed by atoms with E-state index >= 15 is 0 Å². The first-order chi connectivity index (χ1) is 8.65. The largest absolute Gasteiger partial charge is 0.274 e. The highest BCUT2D eigenvalue weighted by atomic mass is 79.9. The number of benzene rings is 2. The van der Waals surface area contributed by atoms with Gasteiger partial charge in [-0.15, -0.1) is 0 Å². The Kier molecular flexibility index (Phi) is 2.87. The third-order valence-corrected chi connectivity index (χ3v) is 4.62. The third-order valence-electron chi connectivity index (χ3n) is 2.92. The first kappa shape index (κ1) is 11.7. The minimum atomic E-state index is -0.302. The van der Waals surface area contributed by atoms with Gasteiger partial charge in [-0.25, -0.2) is 0 Å². The van der Waals surface area contributed by atoms with E-state index in [1.54, 1.807) is 23.9 Å². The Morgan fingerprint density at radius 2 is 2.06 bits per heavy atom. The molecule has 0 saturated carbocycles. The molecule has 2 aromatic rings. The molecular weight excluding hydrogens is 314 g/mol. The molecule has 1 heterocycles. The van der Waals surface area contributed by atoms with E-state index in [4.69, 9.17) is 0 Å². The summed E-state index contributed by atoms with van der Waals surface area (Å²) < 4.78 is 1.03. The number of hydrogen-bond acceptors (Lipinski definition) is 3. The van der Waals surface area contributed by atoms with Crippen molar-refractivity contribution in [3.05, 3.63) is 62.1 Å². The highest BCUT2D eigenvalue weighted by Gasteiger charge is 2.23. The van der Waals surface area contributed by atoms with Crippen LogP contribution in [0.2, 0.25) is 0 Å². The number of fused-ring (bicyclic) bond motifs is 2. The maximum atomic E-state index is 11.0. The van der Waals surface area contributed by atoms with Gasteiger partial charge in [0.2, 0.25) is 0 Å². The predicted octanol–water partition coefficient (Wildman–Crippen LogP) is 4.41. The molecule has 0 aliphatic carbocycles. The van der Waals surface area contributed by atoms with Gasteiger partial charge in [-0.2, -0.15) is 0 Å². The quantitative estimate of drug-likeness (QED) is 0.492. The second kappa shape index (κ2) is 4.40. The molecule has 0 N–H and O–H groups in total. The van der Waals surface area contributed by atoms with Gasteiger partial charge in [-0.3, -0.25) is 10.1 Å². The summed E-state index contributed by atoms with van der Waals surface area (Å²) in [6.07, 6.45) is 0.627. The topological polar surface area (TPSA) is 43.1 Å². The predicted molar refractivity (Wildman–Crippen MR) is 74.2 cm³/mol. The van der Waals surface area contributed by atoms with Gasteiger partial charge in [0.1, 0.15) is 0 Å². The molecule has 18 heavy (non-hydrogen) atoms. The van der Waals surface area contributed by atoms with E-state index in [0.717, 1.165) is 25.4 Å². The van der Waals surface area contributed by atoms with Crippen LogP contribution in [0.1, 0.15) is 11.1 Å². The van der Waals surface area contributed by atoms with Gasteiger partial charge in [0.15, 0.2) is 0 Å². The van der Waals surface area contributed by atoms with Crippen LogP contribution in [0.3, 0.4) is 0 Å². The van der Waals surface area contributed by atoms with Crippen molar-refractivity contribution in [2.24, 2.45) is 0 Å². The van der Waals surface area contributed by atoms with E-state index in [-0.39, 0.29) is 10.6 Å². The van der Waals surface area contributed by atoms with E-state index in [1.807, 2.05) is 18.2 Å². The molecule has 1 aliphatic rings. The van der Waals surface area contributed by atoms with Crippen molar-refractivity contribution < 1.29 is 4.92 Å². The number of nitro benzene ring substituents is 1. The molecule has 0 spiro atoms. The Hall–Kier alpha value is -1.33. The lowest BCUT2D eigenvalue weighted by molar-refractivity contribution is -0.385. The first-order valence-electron chi connectivity index (χ1n) is 5.38. The van der Waals surface area contributed by atoms with Gasteiger partial charge in [0, 0.05) is 32.3 Å². The molecule has 2 aromatic carbocycles. The molecule has 90 valence electrons. The fourth-order valence-electron chi connectivity index (χ4n) is 2.08. The van der Waals surface area contributed by atoms with Gasteiger partial charge in [-0.05, 0) is 23.8 Å². The molecule has 0 fully saturated rings. The Morgan fingerprint density at radius 3 is 2.83 bits per heavy atom. The van der Waals surface area contributed by atoms with Crippen LogP contribution in [-0.2, 0) is 6.42 Å². The molecule has 0 aromatic heterocycles. The zero-order chi connectivity index (χ0) is 12.7. The molecule has 3 rings (SSSR count). The lowest BCUT2D eigenvalue weighted by Crippen LogP contribution is -2.03. The number of nitro groups is 1. The minimum Gasteiger partial charge on any atom is -0.258 e. The second-order valence-electron chi connectivity index (χ2n) is 4.04. The molecule has 0 amide bonds. The summed E-state index contributed by atoms with van der Waals surface area (Å²) in [5.74, 6) is 0. The van der Waals surface area contributed by atoms with E-state index in [2.05, 4.69) is 22.0 Å². The van der Waals surface area contributed by atoms with Crippen molar-refractivity contribution in [3.63, 3.8) is 0 Å². The van der Waals surface area contributed by atoms with Crippen LogP contribution in [0.25, 0.3) is 0 Å². The summed E-state index contributed by atoms with van der Waals surface area (Å²) >= 11 is 5.04. The molecule has 0 saturated heterocycles. The Morgan fingerprint density at radius 1 is 1.22 bits per heavy atom. The van der Waals surface area contributed by atoms with Crippen LogP contribution in [0.4, 0.5) is 5.69 Å². The molecule has 5 heteroatoms. The highest BCUT2D eigenvalue weighted by molar-refractivity contribution is 9.10. The van der Waals surface area contributed by atoms with Crippen LogP contribution in [0.15, 0.2) is 50.7 Å². The van der Waals surface area contributed by atoms with Crippen molar-refractivity contribution >= 4 is 33.4 Å².